The summed E-state index contributed by atoms with van der Waals surface area (Å²) in [7, 11) is 0. The molecule has 0 unspecified atom stereocenters. The number of anilines is 3. The second-order valence-corrected chi connectivity index (χ2v) is 13.5. The molecule has 0 saturated carbocycles. The molecule has 2 nitrogen and oxygen atoms in total. The quantitative estimate of drug-likeness (QED) is 0.186. The molecule has 0 bridgehead atoms. The molecule has 2 heterocycles. The Bertz CT molecular complexity index is 2810. The number of fused-ring (bicyclic) bond motifs is 8. The fourth-order valence-corrected chi connectivity index (χ4v) is 8.56. The largest absolute Gasteiger partial charge is 0.455 e. The molecule has 0 aliphatic carbocycles. The zero-order valence-electron chi connectivity index (χ0n) is 26.5. The lowest BCUT2D eigenvalue weighted by Gasteiger charge is -2.26. The van der Waals surface area contributed by atoms with Crippen LogP contribution in [0.15, 0.2) is 180 Å². The van der Waals surface area contributed by atoms with Gasteiger partial charge in [-0.05, 0) is 76.2 Å². The molecule has 0 aliphatic rings. The van der Waals surface area contributed by atoms with E-state index in [0.717, 1.165) is 38.7 Å². The van der Waals surface area contributed by atoms with Crippen molar-refractivity contribution < 1.29 is 4.42 Å². The molecule has 0 aliphatic heterocycles. The smallest absolute Gasteiger partial charge is 0.143 e. The second-order valence-electron chi connectivity index (χ2n) is 12.5. The lowest BCUT2D eigenvalue weighted by Crippen LogP contribution is -2.10. The van der Waals surface area contributed by atoms with Gasteiger partial charge in [0.05, 0.1) is 10.4 Å². The summed E-state index contributed by atoms with van der Waals surface area (Å²) >= 11 is 1.86. The van der Waals surface area contributed by atoms with Gasteiger partial charge in [-0.15, -0.1) is 11.3 Å². The standard InChI is InChI=1S/C46H29NOS/c1-2-10-30(11-3-1)31-20-24-33(25-21-31)47(42-17-9-16-41-38-13-5-7-19-44(38)49-46(41)42)34-26-22-32(23-27-34)35-14-8-15-39-36(35)28-29-40-37-12-4-6-18-43(37)48-45(39)40/h1-29H. The van der Waals surface area contributed by atoms with Gasteiger partial charge in [-0.3, -0.25) is 0 Å². The number of rotatable bonds is 5. The van der Waals surface area contributed by atoms with Crippen molar-refractivity contribution in [3.8, 4) is 22.3 Å². The van der Waals surface area contributed by atoms with E-state index in [-0.39, 0.29) is 0 Å². The van der Waals surface area contributed by atoms with E-state index in [1.54, 1.807) is 0 Å². The monoisotopic (exact) mass is 643 g/mol. The molecule has 0 spiro atoms. The number of nitrogens with zero attached hydrogens (tertiary/aromatic N) is 1. The van der Waals surface area contributed by atoms with Crippen LogP contribution in [0.2, 0.25) is 0 Å². The van der Waals surface area contributed by atoms with Crippen molar-refractivity contribution >= 4 is 81.3 Å². The van der Waals surface area contributed by atoms with Gasteiger partial charge in [0.2, 0.25) is 0 Å². The average Bonchev–Trinajstić information content (AvgIpc) is 3.75. The fraction of sp³-hybridized carbons (Fsp3) is 0. The maximum Gasteiger partial charge on any atom is 0.143 e. The number of hydrogen-bond donors (Lipinski definition) is 0. The van der Waals surface area contributed by atoms with E-state index in [1.165, 1.54) is 53.5 Å². The predicted octanol–water partition coefficient (Wildman–Crippen LogP) is 13.9. The zero-order valence-corrected chi connectivity index (χ0v) is 27.3. The fourth-order valence-electron chi connectivity index (χ4n) is 7.35. The first-order chi connectivity index (χ1) is 24.3. The van der Waals surface area contributed by atoms with Crippen LogP contribution in [-0.4, -0.2) is 0 Å². The molecule has 10 aromatic rings. The normalized spacial score (nSPS) is 11.7. The highest BCUT2D eigenvalue weighted by molar-refractivity contribution is 7.26. The molecule has 3 heteroatoms. The van der Waals surface area contributed by atoms with Crippen LogP contribution in [0.25, 0.3) is 75.1 Å². The molecule has 0 radical (unpaired) electrons. The van der Waals surface area contributed by atoms with E-state index in [0.29, 0.717) is 0 Å². The van der Waals surface area contributed by atoms with E-state index in [2.05, 4.69) is 169 Å². The molecule has 0 N–H and O–H groups in total. The molecule has 2 aromatic heterocycles. The number of benzene rings is 8. The SMILES string of the molecule is c1ccc(-c2ccc(N(c3ccc(-c4cccc5c4ccc4c6ccccc6oc54)cc3)c3cccc4c3sc3ccccc34)cc2)cc1. The van der Waals surface area contributed by atoms with Crippen molar-refractivity contribution in [1.29, 1.82) is 0 Å². The van der Waals surface area contributed by atoms with Crippen molar-refractivity contribution in [2.24, 2.45) is 0 Å². The van der Waals surface area contributed by atoms with Crippen molar-refractivity contribution in [3.63, 3.8) is 0 Å². The van der Waals surface area contributed by atoms with Crippen molar-refractivity contribution in [2.75, 3.05) is 4.90 Å². The van der Waals surface area contributed by atoms with Crippen LogP contribution in [0.4, 0.5) is 17.1 Å². The van der Waals surface area contributed by atoms with Crippen LogP contribution >= 0.6 is 11.3 Å². The summed E-state index contributed by atoms with van der Waals surface area (Å²) in [5.74, 6) is 0. The van der Waals surface area contributed by atoms with Gasteiger partial charge in [0, 0.05) is 43.0 Å². The number of para-hydroxylation sites is 1. The highest BCUT2D eigenvalue weighted by Crippen LogP contribution is 2.45. The minimum atomic E-state index is 0.922. The number of thiophene rings is 1. The van der Waals surface area contributed by atoms with Gasteiger partial charge in [0.25, 0.3) is 0 Å². The molecule has 10 rings (SSSR count). The summed E-state index contributed by atoms with van der Waals surface area (Å²) in [6.45, 7) is 0. The minimum Gasteiger partial charge on any atom is -0.455 e. The first-order valence-corrected chi connectivity index (χ1v) is 17.4. The van der Waals surface area contributed by atoms with Gasteiger partial charge in [0.1, 0.15) is 11.2 Å². The summed E-state index contributed by atoms with van der Waals surface area (Å²) in [6.07, 6.45) is 0. The highest BCUT2D eigenvalue weighted by atomic mass is 32.1. The summed E-state index contributed by atoms with van der Waals surface area (Å²) in [4.78, 5) is 2.40. The van der Waals surface area contributed by atoms with Crippen LogP contribution in [0.1, 0.15) is 0 Å². The molecular weight excluding hydrogens is 615 g/mol. The number of hydrogen-bond acceptors (Lipinski definition) is 3. The third-order valence-electron chi connectivity index (χ3n) is 9.69. The molecular formula is C46H29NOS. The summed E-state index contributed by atoms with van der Waals surface area (Å²) in [6, 6.07) is 63.2. The third kappa shape index (κ3) is 4.55. The Balaban J connectivity index is 1.11. The third-order valence-corrected chi connectivity index (χ3v) is 10.9. The molecule has 49 heavy (non-hydrogen) atoms. The van der Waals surface area contributed by atoms with E-state index >= 15 is 0 Å². The maximum atomic E-state index is 6.39. The second kappa shape index (κ2) is 11.2. The zero-order chi connectivity index (χ0) is 32.3. The Hall–Kier alpha value is -6.16. The Morgan fingerprint density at radius 3 is 1.80 bits per heavy atom. The summed E-state index contributed by atoms with van der Waals surface area (Å²) in [5, 5.41) is 7.21. The first kappa shape index (κ1) is 27.9. The maximum absolute atomic E-state index is 6.39. The van der Waals surface area contributed by atoms with Gasteiger partial charge >= 0.3 is 0 Å². The van der Waals surface area contributed by atoms with E-state index in [9.17, 15) is 0 Å². The molecule has 8 aromatic carbocycles. The van der Waals surface area contributed by atoms with Crippen molar-refractivity contribution in [3.05, 3.63) is 176 Å². The first-order valence-electron chi connectivity index (χ1n) is 16.6. The topological polar surface area (TPSA) is 16.4 Å². The Kier molecular flexibility index (Phi) is 6.39. The van der Waals surface area contributed by atoms with Gasteiger partial charge in [-0.25, -0.2) is 0 Å². The lowest BCUT2D eigenvalue weighted by atomic mass is 9.96. The predicted molar refractivity (Wildman–Crippen MR) is 210 cm³/mol. The van der Waals surface area contributed by atoms with Gasteiger partial charge in [0.15, 0.2) is 0 Å². The molecule has 0 atom stereocenters. The number of furan rings is 1. The molecule has 0 fully saturated rings. The Morgan fingerprint density at radius 2 is 0.980 bits per heavy atom. The minimum absolute atomic E-state index is 0.922. The molecule has 0 saturated heterocycles. The molecule has 230 valence electrons. The van der Waals surface area contributed by atoms with Crippen LogP contribution in [-0.2, 0) is 0 Å². The average molecular weight is 644 g/mol. The van der Waals surface area contributed by atoms with Gasteiger partial charge in [-0.1, -0.05) is 127 Å². The summed E-state index contributed by atoms with van der Waals surface area (Å²) in [5.41, 5.74) is 10.1. The lowest BCUT2D eigenvalue weighted by molar-refractivity contribution is 0.672. The molecule has 0 amide bonds. The van der Waals surface area contributed by atoms with Gasteiger partial charge in [-0.2, -0.15) is 0 Å². The summed E-state index contributed by atoms with van der Waals surface area (Å²) < 4.78 is 8.97. The van der Waals surface area contributed by atoms with Gasteiger partial charge < -0.3 is 9.32 Å². The van der Waals surface area contributed by atoms with E-state index < -0.39 is 0 Å². The van der Waals surface area contributed by atoms with E-state index in [1.807, 2.05) is 23.5 Å². The Labute approximate surface area is 287 Å². The van der Waals surface area contributed by atoms with Crippen molar-refractivity contribution in [1.82, 2.24) is 0 Å². The van der Waals surface area contributed by atoms with Crippen molar-refractivity contribution in [2.45, 2.75) is 0 Å². The highest BCUT2D eigenvalue weighted by Gasteiger charge is 2.19. The van der Waals surface area contributed by atoms with Crippen LogP contribution in [0, 0.1) is 0 Å². The van der Waals surface area contributed by atoms with E-state index in [4.69, 9.17) is 4.42 Å². The van der Waals surface area contributed by atoms with Crippen LogP contribution in [0.5, 0.6) is 0 Å². The van der Waals surface area contributed by atoms with Crippen LogP contribution in [0.3, 0.4) is 0 Å². The van der Waals surface area contributed by atoms with Crippen LogP contribution < -0.4 is 4.90 Å². The Morgan fingerprint density at radius 1 is 0.388 bits per heavy atom.